The van der Waals surface area contributed by atoms with E-state index in [9.17, 15) is 15.0 Å². The van der Waals surface area contributed by atoms with Gasteiger partial charge in [-0.3, -0.25) is 4.79 Å². The molecule has 3 N–H and O–H groups in total. The van der Waals surface area contributed by atoms with Crippen molar-refractivity contribution >= 4 is 17.5 Å². The highest BCUT2D eigenvalue weighted by atomic mass is 35.5. The first-order valence-corrected chi connectivity index (χ1v) is 8.99. The molecule has 1 aliphatic heterocycles. The molecular weight excluding hydrogens is 328 g/mol. The third kappa shape index (κ3) is 4.28. The molecule has 4 atom stereocenters. The Balaban J connectivity index is 1.40. The second-order valence-electron chi connectivity index (χ2n) is 7.00. The number of carbonyl (C=O) groups is 1. The Hall–Kier alpha value is -1.14. The van der Waals surface area contributed by atoms with Gasteiger partial charge in [0.25, 0.3) is 0 Å². The van der Waals surface area contributed by atoms with Gasteiger partial charge in [0.15, 0.2) is 0 Å². The van der Waals surface area contributed by atoms with E-state index in [-0.39, 0.29) is 5.91 Å². The molecule has 2 aliphatic rings. The zero-order valence-corrected chi connectivity index (χ0v) is 14.5. The van der Waals surface area contributed by atoms with Crippen LogP contribution in [0.3, 0.4) is 0 Å². The highest BCUT2D eigenvalue weighted by Gasteiger charge is 2.40. The summed E-state index contributed by atoms with van der Waals surface area (Å²) in [7, 11) is 0. The summed E-state index contributed by atoms with van der Waals surface area (Å²) >= 11 is 6.08. The third-order valence-electron chi connectivity index (χ3n) is 5.27. The maximum Gasteiger partial charge on any atom is 0.221 e. The molecule has 1 heterocycles. The minimum atomic E-state index is -0.592. The van der Waals surface area contributed by atoms with E-state index < -0.39 is 12.2 Å². The number of halogens is 1. The van der Waals surface area contributed by atoms with Gasteiger partial charge < -0.3 is 20.4 Å². The summed E-state index contributed by atoms with van der Waals surface area (Å²) in [6.45, 7) is 2.98. The largest absolute Gasteiger partial charge is 0.390 e. The summed E-state index contributed by atoms with van der Waals surface area (Å²) in [5, 5.41) is 23.1. The fraction of sp³-hybridized carbons (Fsp3) is 0.611. The van der Waals surface area contributed by atoms with Gasteiger partial charge in [0, 0.05) is 37.6 Å². The van der Waals surface area contributed by atoms with Crippen molar-refractivity contribution in [1.29, 1.82) is 0 Å². The normalized spacial score (nSPS) is 30.1. The average Bonchev–Trinajstić information content (AvgIpc) is 2.94. The van der Waals surface area contributed by atoms with Gasteiger partial charge in [-0.05, 0) is 36.3 Å². The van der Waals surface area contributed by atoms with Crippen LogP contribution in [0.1, 0.15) is 24.8 Å². The summed E-state index contributed by atoms with van der Waals surface area (Å²) in [6, 6.07) is 7.50. The molecule has 24 heavy (non-hydrogen) atoms. The van der Waals surface area contributed by atoms with E-state index in [1.165, 1.54) is 0 Å². The molecule has 0 spiro atoms. The molecular formula is C18H25ClN2O3. The van der Waals surface area contributed by atoms with Crippen LogP contribution in [0.25, 0.3) is 0 Å². The minimum absolute atomic E-state index is 0.0184. The Morgan fingerprint density at radius 3 is 2.42 bits per heavy atom. The van der Waals surface area contributed by atoms with Gasteiger partial charge in [0.1, 0.15) is 0 Å². The van der Waals surface area contributed by atoms with E-state index in [2.05, 4.69) is 10.2 Å². The number of amides is 1. The topological polar surface area (TPSA) is 72.8 Å². The van der Waals surface area contributed by atoms with Crippen molar-refractivity contribution in [3.05, 3.63) is 34.9 Å². The molecule has 1 saturated carbocycles. The molecule has 3 rings (SSSR count). The molecule has 1 aromatic carbocycles. The van der Waals surface area contributed by atoms with Crippen molar-refractivity contribution in [3.63, 3.8) is 0 Å². The number of nitrogens with one attached hydrogen (secondary N) is 1. The van der Waals surface area contributed by atoms with Crippen LogP contribution in [0.15, 0.2) is 24.3 Å². The van der Waals surface area contributed by atoms with Crippen LogP contribution in [0, 0.1) is 11.8 Å². The van der Waals surface area contributed by atoms with Crippen molar-refractivity contribution in [1.82, 2.24) is 10.2 Å². The molecule has 0 radical (unpaired) electrons. The van der Waals surface area contributed by atoms with E-state index in [0.29, 0.717) is 49.2 Å². The first-order valence-electron chi connectivity index (χ1n) is 8.61. The van der Waals surface area contributed by atoms with Crippen LogP contribution in [0.2, 0.25) is 5.02 Å². The molecule has 1 saturated heterocycles. The van der Waals surface area contributed by atoms with Gasteiger partial charge in [-0.1, -0.05) is 29.8 Å². The van der Waals surface area contributed by atoms with Gasteiger partial charge in [-0.25, -0.2) is 0 Å². The minimum Gasteiger partial charge on any atom is -0.390 e. The lowest BCUT2D eigenvalue weighted by Crippen LogP contribution is -2.38. The number of hydrogen-bond acceptors (Lipinski definition) is 4. The summed E-state index contributed by atoms with van der Waals surface area (Å²) in [5.41, 5.74) is 0.919. The summed E-state index contributed by atoms with van der Waals surface area (Å²) in [6.07, 6.45) is 0.604. The van der Waals surface area contributed by atoms with Crippen molar-refractivity contribution in [2.45, 2.75) is 38.0 Å². The maximum atomic E-state index is 12.0. The lowest BCUT2D eigenvalue weighted by molar-refractivity contribution is -0.121. The Bertz CT molecular complexity index is 565. The molecule has 6 heteroatoms. The lowest BCUT2D eigenvalue weighted by atomic mass is 9.79. The van der Waals surface area contributed by atoms with Gasteiger partial charge >= 0.3 is 0 Å². The highest BCUT2D eigenvalue weighted by molar-refractivity contribution is 6.31. The summed E-state index contributed by atoms with van der Waals surface area (Å²) < 4.78 is 0. The fourth-order valence-corrected chi connectivity index (χ4v) is 4.07. The molecule has 1 amide bonds. The van der Waals surface area contributed by atoms with E-state index in [0.717, 1.165) is 18.7 Å². The number of hydrogen-bond donors (Lipinski definition) is 3. The van der Waals surface area contributed by atoms with Crippen molar-refractivity contribution < 1.29 is 15.0 Å². The van der Waals surface area contributed by atoms with Crippen molar-refractivity contribution in [2.75, 3.05) is 19.6 Å². The van der Waals surface area contributed by atoms with Crippen LogP contribution in [0.4, 0.5) is 0 Å². The van der Waals surface area contributed by atoms with Crippen molar-refractivity contribution in [2.24, 2.45) is 11.8 Å². The number of nitrogens with zero attached hydrogens (tertiary/aromatic N) is 1. The van der Waals surface area contributed by atoms with Crippen LogP contribution in [-0.2, 0) is 11.3 Å². The number of aliphatic hydroxyl groups is 2. The molecule has 0 aromatic heterocycles. The van der Waals surface area contributed by atoms with Crippen LogP contribution < -0.4 is 5.32 Å². The maximum absolute atomic E-state index is 12.0. The van der Waals surface area contributed by atoms with Gasteiger partial charge in [-0.2, -0.15) is 0 Å². The first kappa shape index (κ1) is 17.7. The smallest absolute Gasteiger partial charge is 0.221 e. The van der Waals surface area contributed by atoms with E-state index in [4.69, 9.17) is 11.6 Å². The van der Waals surface area contributed by atoms with Gasteiger partial charge in [-0.15, -0.1) is 0 Å². The second kappa shape index (κ2) is 7.83. The molecule has 1 aliphatic carbocycles. The zero-order chi connectivity index (χ0) is 17.1. The fourth-order valence-electron chi connectivity index (χ4n) is 3.87. The van der Waals surface area contributed by atoms with Crippen LogP contribution >= 0.6 is 11.6 Å². The second-order valence-corrected chi connectivity index (χ2v) is 7.41. The number of fused-ring (bicyclic) bond motifs is 1. The molecule has 0 unspecified atom stereocenters. The molecule has 2 fully saturated rings. The SMILES string of the molecule is O=C(CCN1C[C@H]2C[C@@H](O)[C@H](O)C[C@H]2C1)NCc1ccccc1Cl. The van der Waals surface area contributed by atoms with E-state index >= 15 is 0 Å². The summed E-state index contributed by atoms with van der Waals surface area (Å²) in [5.74, 6) is 0.897. The molecule has 1 aromatic rings. The first-order chi connectivity index (χ1) is 11.5. The Kier molecular flexibility index (Phi) is 5.76. The highest BCUT2D eigenvalue weighted by Crippen LogP contribution is 2.36. The van der Waals surface area contributed by atoms with Crippen molar-refractivity contribution in [3.8, 4) is 0 Å². The predicted octanol–water partition coefficient (Wildman–Crippen LogP) is 1.41. The predicted molar refractivity (Wildman–Crippen MR) is 92.6 cm³/mol. The Morgan fingerprint density at radius 2 is 1.79 bits per heavy atom. The quantitative estimate of drug-likeness (QED) is 0.749. The Morgan fingerprint density at radius 1 is 1.17 bits per heavy atom. The number of benzene rings is 1. The van der Waals surface area contributed by atoms with Crippen LogP contribution in [0.5, 0.6) is 0 Å². The van der Waals surface area contributed by atoms with E-state index in [1.54, 1.807) is 0 Å². The van der Waals surface area contributed by atoms with Crippen LogP contribution in [-0.4, -0.2) is 52.9 Å². The number of likely N-dealkylation sites (tertiary alicyclic amines) is 1. The van der Waals surface area contributed by atoms with Gasteiger partial charge in [0.05, 0.1) is 12.2 Å². The molecule has 5 nitrogen and oxygen atoms in total. The Labute approximate surface area is 147 Å². The van der Waals surface area contributed by atoms with E-state index in [1.807, 2.05) is 24.3 Å². The van der Waals surface area contributed by atoms with Gasteiger partial charge in [0.2, 0.25) is 5.91 Å². The number of aliphatic hydroxyl groups excluding tert-OH is 2. The number of carbonyl (C=O) groups excluding carboxylic acids is 1. The zero-order valence-electron chi connectivity index (χ0n) is 13.7. The monoisotopic (exact) mass is 352 g/mol. The summed E-state index contributed by atoms with van der Waals surface area (Å²) in [4.78, 5) is 14.3. The molecule has 0 bridgehead atoms. The molecule has 132 valence electrons. The lowest BCUT2D eigenvalue weighted by Gasteiger charge is -2.32. The average molecular weight is 353 g/mol. The number of rotatable bonds is 5. The third-order valence-corrected chi connectivity index (χ3v) is 5.64. The standard InChI is InChI=1S/C18H25ClN2O3/c19-15-4-2-1-3-12(15)9-20-18(24)5-6-21-10-13-7-16(22)17(23)8-14(13)11-21/h1-4,13-14,16-17,22-23H,5-11H2,(H,20,24)/t13-,14+,16-,17-/m1/s1.